The molecule has 0 unspecified atom stereocenters. The molecular formula is C16H16N2O3. The van der Waals surface area contributed by atoms with Crippen LogP contribution >= 0.6 is 0 Å². The molecule has 0 aromatic heterocycles. The summed E-state index contributed by atoms with van der Waals surface area (Å²) < 4.78 is 10.7. The Bertz CT molecular complexity index is 643. The molecule has 0 saturated heterocycles. The molecule has 0 fully saturated rings. The molecule has 1 amide bonds. The zero-order valence-corrected chi connectivity index (χ0v) is 11.4. The summed E-state index contributed by atoms with van der Waals surface area (Å²) in [6.45, 7) is 0.565. The zero-order valence-electron chi connectivity index (χ0n) is 11.4. The topological polar surface area (TPSA) is 73.6 Å². The molecule has 2 aromatic rings. The number of amides is 1. The lowest BCUT2D eigenvalue weighted by atomic mass is 10.1. The van der Waals surface area contributed by atoms with Crippen molar-refractivity contribution in [2.45, 2.75) is 12.6 Å². The molecule has 2 aromatic carbocycles. The number of carbonyl (C=O) groups is 1. The number of nitrogens with two attached hydrogens (primary N) is 1. The Morgan fingerprint density at radius 3 is 2.76 bits per heavy atom. The van der Waals surface area contributed by atoms with Gasteiger partial charge in [-0.15, -0.1) is 0 Å². The van der Waals surface area contributed by atoms with Crippen molar-refractivity contribution in [2.75, 3.05) is 6.79 Å². The average molecular weight is 284 g/mol. The fraction of sp³-hybridized carbons (Fsp3) is 0.188. The van der Waals surface area contributed by atoms with Crippen molar-refractivity contribution < 1.29 is 14.3 Å². The van der Waals surface area contributed by atoms with E-state index in [0.717, 1.165) is 11.1 Å². The van der Waals surface area contributed by atoms with E-state index in [9.17, 15) is 4.79 Å². The van der Waals surface area contributed by atoms with E-state index in [1.165, 1.54) is 0 Å². The first-order valence-electron chi connectivity index (χ1n) is 6.71. The Hall–Kier alpha value is -2.53. The molecule has 0 bridgehead atoms. The van der Waals surface area contributed by atoms with Crippen LogP contribution < -0.4 is 20.5 Å². The lowest BCUT2D eigenvalue weighted by Gasteiger charge is -2.13. The van der Waals surface area contributed by atoms with Crippen LogP contribution in [0, 0.1) is 0 Å². The van der Waals surface area contributed by atoms with E-state index < -0.39 is 6.04 Å². The van der Waals surface area contributed by atoms with Crippen molar-refractivity contribution in [3.8, 4) is 11.5 Å². The van der Waals surface area contributed by atoms with E-state index >= 15 is 0 Å². The monoisotopic (exact) mass is 284 g/mol. The van der Waals surface area contributed by atoms with Gasteiger partial charge in [0.25, 0.3) is 0 Å². The van der Waals surface area contributed by atoms with Crippen LogP contribution in [-0.2, 0) is 11.3 Å². The summed E-state index contributed by atoms with van der Waals surface area (Å²) in [5, 5.41) is 2.83. The van der Waals surface area contributed by atoms with E-state index in [2.05, 4.69) is 5.32 Å². The summed E-state index contributed by atoms with van der Waals surface area (Å²) in [4.78, 5) is 12.1. The number of para-hydroxylation sites is 1. The number of fused-ring (bicyclic) bond motifs is 1. The van der Waals surface area contributed by atoms with Crippen LogP contribution in [0.1, 0.15) is 17.2 Å². The van der Waals surface area contributed by atoms with Crippen LogP contribution in [0.5, 0.6) is 11.5 Å². The van der Waals surface area contributed by atoms with E-state index in [0.29, 0.717) is 18.0 Å². The summed E-state index contributed by atoms with van der Waals surface area (Å²) in [5.41, 5.74) is 7.61. The molecule has 5 heteroatoms. The largest absolute Gasteiger partial charge is 0.454 e. The first-order chi connectivity index (χ1) is 10.3. The summed E-state index contributed by atoms with van der Waals surface area (Å²) >= 11 is 0. The van der Waals surface area contributed by atoms with E-state index in [1.54, 1.807) is 0 Å². The van der Waals surface area contributed by atoms with Gasteiger partial charge in [-0.1, -0.05) is 42.5 Å². The highest BCUT2D eigenvalue weighted by atomic mass is 16.7. The fourth-order valence-electron chi connectivity index (χ4n) is 2.23. The van der Waals surface area contributed by atoms with Crippen LogP contribution in [0.3, 0.4) is 0 Å². The fourth-order valence-corrected chi connectivity index (χ4v) is 2.23. The first-order valence-corrected chi connectivity index (χ1v) is 6.71. The molecule has 5 nitrogen and oxygen atoms in total. The number of ether oxygens (including phenoxy) is 2. The van der Waals surface area contributed by atoms with E-state index in [4.69, 9.17) is 15.2 Å². The maximum Gasteiger partial charge on any atom is 0.241 e. The molecular weight excluding hydrogens is 268 g/mol. The maximum absolute atomic E-state index is 12.1. The van der Waals surface area contributed by atoms with Gasteiger partial charge in [0, 0.05) is 12.1 Å². The van der Waals surface area contributed by atoms with Gasteiger partial charge >= 0.3 is 0 Å². The lowest BCUT2D eigenvalue weighted by molar-refractivity contribution is -0.122. The minimum absolute atomic E-state index is 0.212. The zero-order chi connectivity index (χ0) is 14.7. The molecule has 0 spiro atoms. The predicted octanol–water partition coefficient (Wildman–Crippen LogP) is 1.73. The molecule has 1 atom stereocenters. The molecule has 21 heavy (non-hydrogen) atoms. The molecule has 1 aliphatic rings. The summed E-state index contributed by atoms with van der Waals surface area (Å²) in [5.74, 6) is 1.16. The highest BCUT2D eigenvalue weighted by Gasteiger charge is 2.19. The molecule has 1 heterocycles. The number of carbonyl (C=O) groups excluding carboxylic acids is 1. The molecule has 3 rings (SSSR count). The predicted molar refractivity (Wildman–Crippen MR) is 77.8 cm³/mol. The Balaban J connectivity index is 1.66. The van der Waals surface area contributed by atoms with Crippen molar-refractivity contribution in [3.05, 3.63) is 59.7 Å². The Labute approximate surface area is 122 Å². The number of rotatable bonds is 4. The lowest BCUT2D eigenvalue weighted by Crippen LogP contribution is -2.33. The SMILES string of the molecule is N[C@H](C(=O)NCc1cccc2c1OCO2)c1ccccc1. The highest BCUT2D eigenvalue weighted by Crippen LogP contribution is 2.35. The molecule has 0 aliphatic carbocycles. The molecule has 0 saturated carbocycles. The van der Waals surface area contributed by atoms with Crippen LogP contribution in [0.25, 0.3) is 0 Å². The second-order valence-corrected chi connectivity index (χ2v) is 4.76. The highest BCUT2D eigenvalue weighted by molar-refractivity contribution is 5.83. The number of nitrogens with one attached hydrogen (secondary N) is 1. The van der Waals surface area contributed by atoms with Gasteiger partial charge in [0.1, 0.15) is 6.04 Å². The third-order valence-corrected chi connectivity index (χ3v) is 3.37. The second kappa shape index (κ2) is 5.85. The molecule has 0 radical (unpaired) electrons. The standard InChI is InChI=1S/C16H16N2O3/c17-14(11-5-2-1-3-6-11)16(19)18-9-12-7-4-8-13-15(12)21-10-20-13/h1-8,14H,9-10,17H2,(H,18,19)/t14-/m0/s1. The molecule has 1 aliphatic heterocycles. The van der Waals surface area contributed by atoms with E-state index in [1.807, 2.05) is 48.5 Å². The van der Waals surface area contributed by atoms with Crippen molar-refractivity contribution in [2.24, 2.45) is 5.73 Å². The third kappa shape index (κ3) is 2.83. The van der Waals surface area contributed by atoms with Crippen LogP contribution in [0.15, 0.2) is 48.5 Å². The second-order valence-electron chi connectivity index (χ2n) is 4.76. The van der Waals surface area contributed by atoms with Gasteiger partial charge in [-0.3, -0.25) is 4.79 Å². The van der Waals surface area contributed by atoms with Gasteiger partial charge in [-0.25, -0.2) is 0 Å². The number of hydrogen-bond acceptors (Lipinski definition) is 4. The third-order valence-electron chi connectivity index (χ3n) is 3.37. The number of benzene rings is 2. The van der Waals surface area contributed by atoms with Crippen molar-refractivity contribution >= 4 is 5.91 Å². The van der Waals surface area contributed by atoms with Crippen molar-refractivity contribution in [1.82, 2.24) is 5.32 Å². The van der Waals surface area contributed by atoms with Gasteiger partial charge in [-0.05, 0) is 11.6 Å². The molecule has 108 valence electrons. The maximum atomic E-state index is 12.1. The van der Waals surface area contributed by atoms with Crippen molar-refractivity contribution in [3.63, 3.8) is 0 Å². The molecule has 3 N–H and O–H groups in total. The first kappa shape index (κ1) is 13.5. The Morgan fingerprint density at radius 2 is 1.95 bits per heavy atom. The summed E-state index contributed by atoms with van der Waals surface area (Å²) in [6.07, 6.45) is 0. The van der Waals surface area contributed by atoms with Gasteiger partial charge in [0.05, 0.1) is 0 Å². The van der Waals surface area contributed by atoms with Crippen LogP contribution in [-0.4, -0.2) is 12.7 Å². The average Bonchev–Trinajstić information content (AvgIpc) is 3.02. The normalized spacial score (nSPS) is 13.8. The quantitative estimate of drug-likeness (QED) is 0.896. The van der Waals surface area contributed by atoms with Crippen molar-refractivity contribution in [1.29, 1.82) is 0 Å². The Morgan fingerprint density at radius 1 is 1.14 bits per heavy atom. The van der Waals surface area contributed by atoms with Gasteiger partial charge < -0.3 is 20.5 Å². The van der Waals surface area contributed by atoms with Gasteiger partial charge in [0.15, 0.2) is 11.5 Å². The van der Waals surface area contributed by atoms with Gasteiger partial charge in [0.2, 0.25) is 12.7 Å². The van der Waals surface area contributed by atoms with Crippen LogP contribution in [0.2, 0.25) is 0 Å². The minimum Gasteiger partial charge on any atom is -0.454 e. The smallest absolute Gasteiger partial charge is 0.241 e. The number of hydrogen-bond donors (Lipinski definition) is 2. The summed E-state index contributed by atoms with van der Waals surface area (Å²) in [7, 11) is 0. The summed E-state index contributed by atoms with van der Waals surface area (Å²) in [6, 6.07) is 14.2. The van der Waals surface area contributed by atoms with E-state index in [-0.39, 0.29) is 12.7 Å². The Kier molecular flexibility index (Phi) is 3.75. The van der Waals surface area contributed by atoms with Crippen LogP contribution in [0.4, 0.5) is 0 Å². The van der Waals surface area contributed by atoms with Gasteiger partial charge in [-0.2, -0.15) is 0 Å². The minimum atomic E-state index is -0.680.